The van der Waals surface area contributed by atoms with Crippen LogP contribution in [0.2, 0.25) is 0 Å². The molecule has 1 aliphatic heterocycles. The summed E-state index contributed by atoms with van der Waals surface area (Å²) in [6, 6.07) is 5.48. The highest BCUT2D eigenvalue weighted by atomic mass is 32.2. The van der Waals surface area contributed by atoms with E-state index in [0.717, 1.165) is 20.9 Å². The topological polar surface area (TPSA) is 108 Å². The number of carbonyl (C=O) groups excluding carboxylic acids is 4. The summed E-state index contributed by atoms with van der Waals surface area (Å²) in [4.78, 5) is 49.5. The summed E-state index contributed by atoms with van der Waals surface area (Å²) in [6.45, 7) is 7.10. The number of imide groups is 1. The lowest BCUT2D eigenvalue weighted by atomic mass is 10.1. The first-order chi connectivity index (χ1) is 12.6. The van der Waals surface area contributed by atoms with E-state index in [1.807, 2.05) is 32.0 Å². The largest absolute Gasteiger partial charge is 0.325 e. The quantitative estimate of drug-likeness (QED) is 0.384. The lowest BCUT2D eigenvalue weighted by Crippen LogP contribution is -2.44. The van der Waals surface area contributed by atoms with Crippen molar-refractivity contribution in [1.29, 1.82) is 0 Å². The van der Waals surface area contributed by atoms with E-state index in [4.69, 9.17) is 0 Å². The van der Waals surface area contributed by atoms with Crippen LogP contribution < -0.4 is 16.2 Å². The van der Waals surface area contributed by atoms with Crippen molar-refractivity contribution in [2.24, 2.45) is 0 Å². The maximum Gasteiger partial charge on any atom is 0.325 e. The second-order valence-corrected chi connectivity index (χ2v) is 7.93. The average molecular weight is 392 g/mol. The minimum atomic E-state index is -0.965. The molecular formula is C18H24N4O4S. The molecule has 0 spiro atoms. The van der Waals surface area contributed by atoms with Gasteiger partial charge in [0, 0.05) is 17.9 Å². The molecule has 8 nitrogen and oxygen atoms in total. The van der Waals surface area contributed by atoms with Crippen molar-refractivity contribution < 1.29 is 19.2 Å². The molecule has 9 heteroatoms. The molecule has 0 aromatic heterocycles. The van der Waals surface area contributed by atoms with Gasteiger partial charge < -0.3 is 5.32 Å². The summed E-state index contributed by atoms with van der Waals surface area (Å²) in [5.41, 5.74) is 5.86. The lowest BCUT2D eigenvalue weighted by molar-refractivity contribution is -0.131. The SMILES string of the molecule is Cc1ccc(C)c(SCC(=O)NNC(=O)CCN2C(=O)NC(C)(C)C2=O)c1. The van der Waals surface area contributed by atoms with Crippen molar-refractivity contribution in [2.45, 2.75) is 44.6 Å². The number of amides is 5. The number of urea groups is 1. The van der Waals surface area contributed by atoms with Gasteiger partial charge >= 0.3 is 6.03 Å². The highest BCUT2D eigenvalue weighted by Gasteiger charge is 2.43. The van der Waals surface area contributed by atoms with E-state index in [0.29, 0.717) is 0 Å². The molecule has 5 amide bonds. The van der Waals surface area contributed by atoms with E-state index in [-0.39, 0.29) is 30.5 Å². The van der Waals surface area contributed by atoms with Crippen LogP contribution in [0.4, 0.5) is 4.79 Å². The van der Waals surface area contributed by atoms with Gasteiger partial charge in [-0.25, -0.2) is 4.79 Å². The normalized spacial score (nSPS) is 15.5. The first-order valence-electron chi connectivity index (χ1n) is 8.52. The Labute approximate surface area is 162 Å². The van der Waals surface area contributed by atoms with Crippen molar-refractivity contribution in [3.05, 3.63) is 29.3 Å². The standard InChI is InChI=1S/C18H24N4O4S/c1-11-5-6-12(2)13(9-11)27-10-15(24)21-20-14(23)7-8-22-16(25)18(3,4)19-17(22)26/h5-6,9H,7-8,10H2,1-4H3,(H,19,26)(H,20,23)(H,21,24). The molecule has 0 bridgehead atoms. The van der Waals surface area contributed by atoms with Crippen LogP contribution in [0.15, 0.2) is 23.1 Å². The maximum atomic E-state index is 12.0. The Morgan fingerprint density at radius 1 is 1.15 bits per heavy atom. The van der Waals surface area contributed by atoms with Crippen LogP contribution in [-0.2, 0) is 14.4 Å². The number of thioether (sulfide) groups is 1. The van der Waals surface area contributed by atoms with Gasteiger partial charge in [-0.15, -0.1) is 11.8 Å². The predicted molar refractivity (Wildman–Crippen MR) is 102 cm³/mol. The minimum Gasteiger partial charge on any atom is -0.324 e. The van der Waals surface area contributed by atoms with E-state index in [9.17, 15) is 19.2 Å². The number of aryl methyl sites for hydroxylation is 2. The van der Waals surface area contributed by atoms with Gasteiger partial charge in [0.15, 0.2) is 0 Å². The summed E-state index contributed by atoms with van der Waals surface area (Å²) in [6.07, 6.45) is -0.0976. The van der Waals surface area contributed by atoms with Crippen molar-refractivity contribution in [3.8, 4) is 0 Å². The Bertz CT molecular complexity index is 779. The number of nitrogens with zero attached hydrogens (tertiary/aromatic N) is 1. The fourth-order valence-corrected chi connectivity index (χ4v) is 3.40. The highest BCUT2D eigenvalue weighted by molar-refractivity contribution is 8.00. The third-order valence-corrected chi connectivity index (χ3v) is 5.21. The third kappa shape index (κ3) is 5.46. The third-order valence-electron chi connectivity index (χ3n) is 4.05. The minimum absolute atomic E-state index is 0.0486. The number of hydrogen-bond acceptors (Lipinski definition) is 5. The Morgan fingerprint density at radius 2 is 1.81 bits per heavy atom. The molecule has 1 saturated heterocycles. The van der Waals surface area contributed by atoms with Crippen LogP contribution in [0.25, 0.3) is 0 Å². The van der Waals surface area contributed by atoms with E-state index in [2.05, 4.69) is 16.2 Å². The van der Waals surface area contributed by atoms with E-state index in [1.165, 1.54) is 11.8 Å². The Hall–Kier alpha value is -2.55. The molecule has 3 N–H and O–H groups in total. The van der Waals surface area contributed by atoms with E-state index < -0.39 is 17.5 Å². The molecule has 2 rings (SSSR count). The summed E-state index contributed by atoms with van der Waals surface area (Å²) in [7, 11) is 0. The molecule has 0 unspecified atom stereocenters. The number of hydrazine groups is 1. The molecule has 1 heterocycles. The van der Waals surface area contributed by atoms with Gasteiger partial charge in [0.05, 0.1) is 5.75 Å². The number of carbonyl (C=O) groups is 4. The summed E-state index contributed by atoms with van der Waals surface area (Å²) in [5.74, 6) is -1.05. The van der Waals surface area contributed by atoms with Crippen molar-refractivity contribution in [3.63, 3.8) is 0 Å². The highest BCUT2D eigenvalue weighted by Crippen LogP contribution is 2.23. The first kappa shape index (κ1) is 20.8. The smallest absolute Gasteiger partial charge is 0.324 e. The Kier molecular flexibility index (Phi) is 6.48. The second kappa shape index (κ2) is 8.43. The summed E-state index contributed by atoms with van der Waals surface area (Å²) >= 11 is 1.39. The predicted octanol–water partition coefficient (Wildman–Crippen LogP) is 1.26. The van der Waals surface area contributed by atoms with E-state index >= 15 is 0 Å². The van der Waals surface area contributed by atoms with Crippen molar-refractivity contribution in [1.82, 2.24) is 21.1 Å². The monoisotopic (exact) mass is 392 g/mol. The Morgan fingerprint density at radius 3 is 2.44 bits per heavy atom. The van der Waals surface area contributed by atoms with Gasteiger partial charge in [0.1, 0.15) is 5.54 Å². The van der Waals surface area contributed by atoms with E-state index in [1.54, 1.807) is 13.8 Å². The first-order valence-corrected chi connectivity index (χ1v) is 9.50. The van der Waals surface area contributed by atoms with Gasteiger partial charge in [-0.2, -0.15) is 0 Å². The number of hydrogen-bond donors (Lipinski definition) is 3. The van der Waals surface area contributed by atoms with Gasteiger partial charge in [0.25, 0.3) is 5.91 Å². The fourth-order valence-electron chi connectivity index (χ4n) is 2.48. The molecule has 146 valence electrons. The molecule has 1 aliphatic rings. The lowest BCUT2D eigenvalue weighted by Gasteiger charge is -2.15. The maximum absolute atomic E-state index is 12.0. The summed E-state index contributed by atoms with van der Waals surface area (Å²) in [5, 5.41) is 2.54. The molecule has 1 fully saturated rings. The molecule has 0 radical (unpaired) electrons. The van der Waals surface area contributed by atoms with Crippen LogP contribution in [0.3, 0.4) is 0 Å². The Balaban J connectivity index is 1.72. The van der Waals surface area contributed by atoms with Gasteiger partial charge in [0.2, 0.25) is 11.8 Å². The van der Waals surface area contributed by atoms with Gasteiger partial charge in [-0.1, -0.05) is 17.7 Å². The zero-order valence-electron chi connectivity index (χ0n) is 15.8. The molecule has 1 aromatic rings. The van der Waals surface area contributed by atoms with Crippen molar-refractivity contribution >= 4 is 35.5 Å². The molecular weight excluding hydrogens is 368 g/mol. The number of benzene rings is 1. The molecule has 0 saturated carbocycles. The zero-order chi connectivity index (χ0) is 20.2. The number of nitrogens with one attached hydrogen (secondary N) is 3. The van der Waals surface area contributed by atoms with Crippen molar-refractivity contribution in [2.75, 3.05) is 12.3 Å². The summed E-state index contributed by atoms with van der Waals surface area (Å²) < 4.78 is 0. The van der Waals surface area contributed by atoms with Crippen LogP contribution in [-0.4, -0.2) is 46.5 Å². The zero-order valence-corrected chi connectivity index (χ0v) is 16.7. The number of rotatable bonds is 6. The average Bonchev–Trinajstić information content (AvgIpc) is 2.79. The van der Waals surface area contributed by atoms with Crippen LogP contribution in [0.1, 0.15) is 31.4 Å². The molecule has 1 aromatic carbocycles. The van der Waals surface area contributed by atoms with Crippen LogP contribution >= 0.6 is 11.8 Å². The van der Waals surface area contributed by atoms with Gasteiger partial charge in [-0.3, -0.25) is 30.1 Å². The van der Waals surface area contributed by atoms with Crippen LogP contribution in [0, 0.1) is 13.8 Å². The fraction of sp³-hybridized carbons (Fsp3) is 0.444. The molecule has 0 aliphatic carbocycles. The van der Waals surface area contributed by atoms with Crippen LogP contribution in [0.5, 0.6) is 0 Å². The second-order valence-electron chi connectivity index (χ2n) is 6.92. The van der Waals surface area contributed by atoms with Gasteiger partial charge in [-0.05, 0) is 39.3 Å². The molecule has 27 heavy (non-hydrogen) atoms. The molecule has 0 atom stereocenters.